The standard InChI is InChI=1S/C21H23N3O4S/c1-4-28-17-7-5-6-15(12-17)24-19(25)13-18(20(24)26)29-21(22-2)23-14-8-10-16(27-3)11-9-14/h5-12,18H,4,13H2,1-3H3,(H,22,23)/t18-/m0/s1. The quantitative estimate of drug-likeness (QED) is 0.443. The number of anilines is 2. The number of benzene rings is 2. The monoisotopic (exact) mass is 413 g/mol. The molecule has 2 aromatic rings. The molecule has 1 saturated heterocycles. The lowest BCUT2D eigenvalue weighted by molar-refractivity contribution is -0.121. The first kappa shape index (κ1) is 20.7. The molecule has 0 spiro atoms. The Morgan fingerprint density at radius 2 is 1.97 bits per heavy atom. The van der Waals surface area contributed by atoms with Gasteiger partial charge in [0.2, 0.25) is 11.8 Å². The highest BCUT2D eigenvalue weighted by atomic mass is 32.2. The molecule has 0 saturated carbocycles. The normalized spacial score (nSPS) is 16.9. The molecule has 3 rings (SSSR count). The van der Waals surface area contributed by atoms with Crippen LogP contribution in [0.3, 0.4) is 0 Å². The molecule has 8 heteroatoms. The zero-order chi connectivity index (χ0) is 20.8. The fraction of sp³-hybridized carbons (Fsp3) is 0.286. The average molecular weight is 413 g/mol. The van der Waals surface area contributed by atoms with Gasteiger partial charge < -0.3 is 14.8 Å². The predicted molar refractivity (Wildman–Crippen MR) is 116 cm³/mol. The van der Waals surface area contributed by atoms with Gasteiger partial charge in [-0.1, -0.05) is 17.8 Å². The molecule has 29 heavy (non-hydrogen) atoms. The van der Waals surface area contributed by atoms with Crippen molar-refractivity contribution in [3.05, 3.63) is 48.5 Å². The number of carbonyl (C=O) groups excluding carboxylic acids is 2. The van der Waals surface area contributed by atoms with Gasteiger partial charge in [0.25, 0.3) is 0 Å². The van der Waals surface area contributed by atoms with Gasteiger partial charge in [-0.2, -0.15) is 0 Å². The van der Waals surface area contributed by atoms with Crippen LogP contribution in [0.2, 0.25) is 0 Å². The van der Waals surface area contributed by atoms with Gasteiger partial charge in [0, 0.05) is 25.2 Å². The molecule has 152 valence electrons. The van der Waals surface area contributed by atoms with Crippen LogP contribution >= 0.6 is 11.8 Å². The van der Waals surface area contributed by atoms with E-state index in [-0.39, 0.29) is 18.2 Å². The van der Waals surface area contributed by atoms with Crippen LogP contribution < -0.4 is 19.7 Å². The molecule has 2 aromatic carbocycles. The second kappa shape index (κ2) is 9.47. The van der Waals surface area contributed by atoms with E-state index in [0.29, 0.717) is 23.2 Å². The van der Waals surface area contributed by atoms with Crippen LogP contribution in [0.25, 0.3) is 0 Å². The molecular formula is C21H23N3O4S. The van der Waals surface area contributed by atoms with Gasteiger partial charge in [-0.15, -0.1) is 0 Å². The van der Waals surface area contributed by atoms with Crippen LogP contribution in [0.5, 0.6) is 11.5 Å². The average Bonchev–Trinajstić information content (AvgIpc) is 3.01. The van der Waals surface area contributed by atoms with Gasteiger partial charge in [0.1, 0.15) is 16.7 Å². The van der Waals surface area contributed by atoms with Crippen molar-refractivity contribution in [2.45, 2.75) is 18.6 Å². The molecule has 0 radical (unpaired) electrons. The lowest BCUT2D eigenvalue weighted by Crippen LogP contribution is -2.31. The van der Waals surface area contributed by atoms with Crippen molar-refractivity contribution in [1.29, 1.82) is 0 Å². The summed E-state index contributed by atoms with van der Waals surface area (Å²) in [7, 11) is 3.25. The Bertz CT molecular complexity index is 914. The Morgan fingerprint density at radius 1 is 1.21 bits per heavy atom. The first-order chi connectivity index (χ1) is 14.0. The number of carbonyl (C=O) groups is 2. The summed E-state index contributed by atoms with van der Waals surface area (Å²) < 4.78 is 10.6. The van der Waals surface area contributed by atoms with E-state index in [9.17, 15) is 9.59 Å². The second-order valence-corrected chi connectivity index (χ2v) is 7.38. The third-order valence-corrected chi connectivity index (χ3v) is 5.45. The number of amides is 2. The second-order valence-electron chi connectivity index (χ2n) is 6.19. The van der Waals surface area contributed by atoms with E-state index in [1.807, 2.05) is 31.2 Å². The van der Waals surface area contributed by atoms with Crippen molar-refractivity contribution < 1.29 is 19.1 Å². The number of amidine groups is 1. The van der Waals surface area contributed by atoms with E-state index in [1.165, 1.54) is 16.7 Å². The number of rotatable bonds is 6. The molecule has 1 fully saturated rings. The van der Waals surface area contributed by atoms with E-state index in [4.69, 9.17) is 9.47 Å². The van der Waals surface area contributed by atoms with Crippen LogP contribution in [0, 0.1) is 0 Å². The first-order valence-electron chi connectivity index (χ1n) is 9.20. The van der Waals surface area contributed by atoms with E-state index < -0.39 is 5.25 Å². The number of aliphatic imine (C=N–C) groups is 1. The van der Waals surface area contributed by atoms with Crippen LogP contribution in [0.15, 0.2) is 53.5 Å². The Morgan fingerprint density at radius 3 is 2.62 bits per heavy atom. The summed E-state index contributed by atoms with van der Waals surface area (Å²) in [6.07, 6.45) is 0.117. The van der Waals surface area contributed by atoms with Crippen molar-refractivity contribution in [1.82, 2.24) is 0 Å². The number of thioether (sulfide) groups is 1. The number of nitrogens with one attached hydrogen (secondary N) is 1. The smallest absolute Gasteiger partial charge is 0.247 e. The first-order valence-corrected chi connectivity index (χ1v) is 10.1. The van der Waals surface area contributed by atoms with Crippen LogP contribution in [0.1, 0.15) is 13.3 Å². The summed E-state index contributed by atoms with van der Waals surface area (Å²) in [6.45, 7) is 2.39. The number of hydrogen-bond donors (Lipinski definition) is 1. The molecule has 1 aliphatic heterocycles. The molecule has 7 nitrogen and oxygen atoms in total. The van der Waals surface area contributed by atoms with Crippen LogP contribution in [-0.2, 0) is 9.59 Å². The fourth-order valence-electron chi connectivity index (χ4n) is 2.92. The molecule has 1 atom stereocenters. The number of ether oxygens (including phenoxy) is 2. The van der Waals surface area contributed by atoms with Gasteiger partial charge in [-0.3, -0.25) is 14.6 Å². The van der Waals surface area contributed by atoms with E-state index >= 15 is 0 Å². The number of hydrogen-bond acceptors (Lipinski definition) is 6. The maximum atomic E-state index is 12.9. The summed E-state index contributed by atoms with van der Waals surface area (Å²) in [5, 5.41) is 3.20. The third-order valence-electron chi connectivity index (χ3n) is 4.29. The summed E-state index contributed by atoms with van der Waals surface area (Å²) >= 11 is 1.25. The minimum atomic E-state index is -0.539. The van der Waals surface area contributed by atoms with Crippen molar-refractivity contribution in [2.75, 3.05) is 31.0 Å². The summed E-state index contributed by atoms with van der Waals surface area (Å²) in [6, 6.07) is 14.4. The van der Waals surface area contributed by atoms with Gasteiger partial charge in [0.15, 0.2) is 5.17 Å². The Labute approximate surface area is 174 Å². The molecule has 1 aliphatic rings. The predicted octanol–water partition coefficient (Wildman–Crippen LogP) is 3.56. The van der Waals surface area contributed by atoms with Gasteiger partial charge >= 0.3 is 0 Å². The third kappa shape index (κ3) is 4.89. The van der Waals surface area contributed by atoms with Gasteiger partial charge in [0.05, 0.1) is 19.4 Å². The topological polar surface area (TPSA) is 80.2 Å². The lowest BCUT2D eigenvalue weighted by atomic mass is 10.3. The number of nitrogens with zero attached hydrogens (tertiary/aromatic N) is 2. The SMILES string of the molecule is CCOc1cccc(N2C(=O)C[C@H](SC(=NC)Nc3ccc(OC)cc3)C2=O)c1. The van der Waals surface area contributed by atoms with Crippen molar-refractivity contribution in [2.24, 2.45) is 4.99 Å². The van der Waals surface area contributed by atoms with Crippen molar-refractivity contribution in [3.8, 4) is 11.5 Å². The minimum absolute atomic E-state index is 0.117. The summed E-state index contributed by atoms with van der Waals surface area (Å²) in [4.78, 5) is 30.9. The molecule has 0 unspecified atom stereocenters. The fourth-order valence-corrected chi connectivity index (χ4v) is 3.90. The Kier molecular flexibility index (Phi) is 6.77. The largest absolute Gasteiger partial charge is 0.497 e. The molecule has 0 aromatic heterocycles. The molecule has 0 bridgehead atoms. The molecule has 1 N–H and O–H groups in total. The minimum Gasteiger partial charge on any atom is -0.497 e. The highest BCUT2D eigenvalue weighted by Crippen LogP contribution is 2.32. The lowest BCUT2D eigenvalue weighted by Gasteiger charge is -2.16. The molecule has 1 heterocycles. The van der Waals surface area contributed by atoms with Crippen LogP contribution in [-0.4, -0.2) is 43.0 Å². The maximum absolute atomic E-state index is 12.9. The van der Waals surface area contributed by atoms with E-state index in [0.717, 1.165) is 11.4 Å². The highest BCUT2D eigenvalue weighted by Gasteiger charge is 2.40. The summed E-state index contributed by atoms with van der Waals surface area (Å²) in [5.41, 5.74) is 1.34. The highest BCUT2D eigenvalue weighted by molar-refractivity contribution is 8.15. The van der Waals surface area contributed by atoms with Crippen molar-refractivity contribution in [3.63, 3.8) is 0 Å². The van der Waals surface area contributed by atoms with Crippen molar-refractivity contribution >= 4 is 40.1 Å². The van der Waals surface area contributed by atoms with Crippen LogP contribution in [0.4, 0.5) is 11.4 Å². The Balaban J connectivity index is 1.70. The van der Waals surface area contributed by atoms with E-state index in [2.05, 4.69) is 10.3 Å². The number of imide groups is 1. The molecular weight excluding hydrogens is 390 g/mol. The summed E-state index contributed by atoms with van der Waals surface area (Å²) in [5.74, 6) is 0.880. The van der Waals surface area contributed by atoms with Gasteiger partial charge in [-0.25, -0.2) is 4.90 Å². The number of methoxy groups -OCH3 is 1. The maximum Gasteiger partial charge on any atom is 0.247 e. The molecule has 2 amide bonds. The Hall–Kier alpha value is -3.00. The zero-order valence-electron chi connectivity index (χ0n) is 16.5. The van der Waals surface area contributed by atoms with Gasteiger partial charge in [-0.05, 0) is 43.3 Å². The van der Waals surface area contributed by atoms with E-state index in [1.54, 1.807) is 38.4 Å². The zero-order valence-corrected chi connectivity index (χ0v) is 17.4. The molecule has 0 aliphatic carbocycles.